The number of rotatable bonds is 4. The molecule has 0 radical (unpaired) electrons. The number of nitrogens with zero attached hydrogens (tertiary/aromatic N) is 3. The van der Waals surface area contributed by atoms with E-state index in [0.717, 1.165) is 0 Å². The van der Waals surface area contributed by atoms with Crippen molar-refractivity contribution in [3.05, 3.63) is 47.4 Å². The molecule has 23 heavy (non-hydrogen) atoms. The molecule has 1 amide bonds. The number of imidazole rings is 1. The summed E-state index contributed by atoms with van der Waals surface area (Å²) >= 11 is 5.82. The molecule has 0 atom stereocenters. The van der Waals surface area contributed by atoms with Gasteiger partial charge >= 0.3 is 0 Å². The first-order chi connectivity index (χ1) is 11.1. The second kappa shape index (κ2) is 6.13. The maximum Gasteiger partial charge on any atom is 0.276 e. The quantitative estimate of drug-likeness (QED) is 0.794. The molecule has 0 spiro atoms. The van der Waals surface area contributed by atoms with Gasteiger partial charge in [-0.15, -0.1) is 0 Å². The van der Waals surface area contributed by atoms with Gasteiger partial charge in [-0.2, -0.15) is 5.10 Å². The van der Waals surface area contributed by atoms with Gasteiger partial charge in [0.25, 0.3) is 5.91 Å². The summed E-state index contributed by atoms with van der Waals surface area (Å²) in [4.78, 5) is 16.6. The molecule has 1 aromatic carbocycles. The minimum atomic E-state index is -0.391. The lowest BCUT2D eigenvalue weighted by molar-refractivity contribution is 0.102. The fraction of sp³-hybridized carbons (Fsp3) is 0.133. The van der Waals surface area contributed by atoms with Crippen LogP contribution in [0.5, 0.6) is 11.5 Å². The monoisotopic (exact) mass is 332 g/mol. The van der Waals surface area contributed by atoms with E-state index in [1.54, 1.807) is 37.4 Å². The Balaban J connectivity index is 1.91. The molecule has 0 aliphatic carbocycles. The number of hydrogen-bond donors (Lipinski definition) is 1. The van der Waals surface area contributed by atoms with Crippen molar-refractivity contribution in [2.45, 2.75) is 0 Å². The Morgan fingerprint density at radius 1 is 1.22 bits per heavy atom. The zero-order valence-corrected chi connectivity index (χ0v) is 13.2. The zero-order valence-electron chi connectivity index (χ0n) is 12.4. The van der Waals surface area contributed by atoms with E-state index in [2.05, 4.69) is 15.4 Å². The van der Waals surface area contributed by atoms with Crippen LogP contribution in [0, 0.1) is 0 Å². The number of benzene rings is 1. The second-order valence-electron chi connectivity index (χ2n) is 4.61. The van der Waals surface area contributed by atoms with Crippen LogP contribution < -0.4 is 14.8 Å². The van der Waals surface area contributed by atoms with Gasteiger partial charge in [0.2, 0.25) is 0 Å². The Bertz CT molecular complexity index is 878. The SMILES string of the molecule is COc1ccc(OC)c(NC(=O)c2cn3nc(Cl)ccc3n2)c1. The molecule has 2 heterocycles. The topological polar surface area (TPSA) is 77.8 Å². The van der Waals surface area contributed by atoms with E-state index in [4.69, 9.17) is 21.1 Å². The zero-order chi connectivity index (χ0) is 16.4. The Morgan fingerprint density at radius 3 is 2.78 bits per heavy atom. The van der Waals surface area contributed by atoms with Crippen LogP contribution in [0.2, 0.25) is 5.15 Å². The van der Waals surface area contributed by atoms with Gasteiger partial charge in [0.05, 0.1) is 26.1 Å². The van der Waals surface area contributed by atoms with Crippen molar-refractivity contribution in [2.75, 3.05) is 19.5 Å². The summed E-state index contributed by atoms with van der Waals surface area (Å²) in [5.74, 6) is 0.729. The van der Waals surface area contributed by atoms with Crippen LogP contribution in [0.25, 0.3) is 5.65 Å². The molecule has 2 aromatic heterocycles. The minimum Gasteiger partial charge on any atom is -0.497 e. The highest BCUT2D eigenvalue weighted by Gasteiger charge is 2.14. The number of ether oxygens (including phenoxy) is 2. The fourth-order valence-corrected chi connectivity index (χ4v) is 2.21. The molecular formula is C15H13ClN4O3. The number of carbonyl (C=O) groups excluding carboxylic acids is 1. The largest absolute Gasteiger partial charge is 0.497 e. The molecule has 3 aromatic rings. The van der Waals surface area contributed by atoms with Gasteiger partial charge in [-0.25, -0.2) is 9.50 Å². The third kappa shape index (κ3) is 3.04. The highest BCUT2D eigenvalue weighted by atomic mass is 35.5. The van der Waals surface area contributed by atoms with E-state index in [1.165, 1.54) is 17.8 Å². The average Bonchev–Trinajstić information content (AvgIpc) is 2.98. The lowest BCUT2D eigenvalue weighted by atomic mass is 10.2. The van der Waals surface area contributed by atoms with Crippen molar-refractivity contribution in [1.29, 1.82) is 0 Å². The van der Waals surface area contributed by atoms with Gasteiger partial charge in [-0.3, -0.25) is 4.79 Å². The number of anilines is 1. The summed E-state index contributed by atoms with van der Waals surface area (Å²) in [7, 11) is 3.07. The van der Waals surface area contributed by atoms with Gasteiger partial charge in [-0.1, -0.05) is 11.6 Å². The van der Waals surface area contributed by atoms with Crippen molar-refractivity contribution >= 4 is 28.8 Å². The summed E-state index contributed by atoms with van der Waals surface area (Å²) in [5.41, 5.74) is 1.22. The van der Waals surface area contributed by atoms with E-state index in [9.17, 15) is 4.79 Å². The van der Waals surface area contributed by atoms with Crippen LogP contribution in [0.15, 0.2) is 36.5 Å². The Kier molecular flexibility index (Phi) is 4.03. The lowest BCUT2D eigenvalue weighted by Crippen LogP contribution is -2.13. The van der Waals surface area contributed by atoms with E-state index < -0.39 is 5.91 Å². The summed E-state index contributed by atoms with van der Waals surface area (Å²) < 4.78 is 11.8. The predicted molar refractivity (Wildman–Crippen MR) is 85.5 cm³/mol. The van der Waals surface area contributed by atoms with Crippen molar-refractivity contribution < 1.29 is 14.3 Å². The van der Waals surface area contributed by atoms with Gasteiger partial charge in [-0.05, 0) is 24.3 Å². The predicted octanol–water partition coefficient (Wildman–Crippen LogP) is 2.65. The third-order valence-electron chi connectivity index (χ3n) is 3.17. The summed E-state index contributed by atoms with van der Waals surface area (Å²) in [6.07, 6.45) is 1.50. The molecule has 0 unspecified atom stereocenters. The van der Waals surface area contributed by atoms with Crippen molar-refractivity contribution in [3.8, 4) is 11.5 Å². The van der Waals surface area contributed by atoms with Crippen LogP contribution in [0.1, 0.15) is 10.5 Å². The van der Waals surface area contributed by atoms with Crippen molar-refractivity contribution in [3.63, 3.8) is 0 Å². The number of nitrogens with one attached hydrogen (secondary N) is 1. The summed E-state index contributed by atoms with van der Waals surface area (Å²) in [6.45, 7) is 0. The highest BCUT2D eigenvalue weighted by molar-refractivity contribution is 6.29. The number of carbonyl (C=O) groups is 1. The van der Waals surface area contributed by atoms with Gasteiger partial charge < -0.3 is 14.8 Å². The standard InChI is InChI=1S/C15H13ClN4O3/c1-22-9-3-4-12(23-2)10(7-9)18-15(21)11-8-20-14(17-11)6-5-13(16)19-20/h3-8H,1-2H3,(H,18,21). The summed E-state index contributed by atoms with van der Waals surface area (Å²) in [5, 5.41) is 7.11. The van der Waals surface area contributed by atoms with Crippen molar-refractivity contribution in [2.24, 2.45) is 0 Å². The number of halogens is 1. The van der Waals surface area contributed by atoms with Gasteiger partial charge in [0.1, 0.15) is 22.3 Å². The number of fused-ring (bicyclic) bond motifs is 1. The minimum absolute atomic E-state index is 0.213. The first-order valence-corrected chi connectivity index (χ1v) is 7.04. The van der Waals surface area contributed by atoms with E-state index >= 15 is 0 Å². The smallest absolute Gasteiger partial charge is 0.276 e. The van der Waals surface area contributed by atoms with Crippen molar-refractivity contribution in [1.82, 2.24) is 14.6 Å². The normalized spacial score (nSPS) is 10.6. The highest BCUT2D eigenvalue weighted by Crippen LogP contribution is 2.29. The average molecular weight is 333 g/mol. The molecule has 0 aliphatic heterocycles. The number of aromatic nitrogens is 3. The number of amides is 1. The molecule has 3 rings (SSSR count). The first-order valence-electron chi connectivity index (χ1n) is 6.66. The molecule has 0 saturated heterocycles. The Morgan fingerprint density at radius 2 is 2.04 bits per heavy atom. The van der Waals surface area contributed by atoms with Gasteiger partial charge in [0.15, 0.2) is 5.65 Å². The molecule has 0 saturated carbocycles. The molecule has 1 N–H and O–H groups in total. The molecule has 7 nitrogen and oxygen atoms in total. The molecule has 0 fully saturated rings. The Labute approximate surface area is 136 Å². The second-order valence-corrected chi connectivity index (χ2v) is 4.99. The van der Waals surface area contributed by atoms with Crippen LogP contribution in [-0.4, -0.2) is 34.7 Å². The number of hydrogen-bond acceptors (Lipinski definition) is 5. The molecular weight excluding hydrogens is 320 g/mol. The third-order valence-corrected chi connectivity index (χ3v) is 3.38. The first kappa shape index (κ1) is 15.1. The Hall–Kier alpha value is -2.80. The fourth-order valence-electron chi connectivity index (χ4n) is 2.07. The van der Waals surface area contributed by atoms with Crippen LogP contribution >= 0.6 is 11.6 Å². The van der Waals surface area contributed by atoms with Gasteiger partial charge in [0, 0.05) is 6.07 Å². The molecule has 118 valence electrons. The number of methoxy groups -OCH3 is 2. The van der Waals surface area contributed by atoms with E-state index in [1.807, 2.05) is 0 Å². The molecule has 0 aliphatic rings. The van der Waals surface area contributed by atoms with Crippen LogP contribution in [0.4, 0.5) is 5.69 Å². The summed E-state index contributed by atoms with van der Waals surface area (Å²) in [6, 6.07) is 8.40. The maximum absolute atomic E-state index is 12.4. The molecule has 0 bridgehead atoms. The maximum atomic E-state index is 12.4. The lowest BCUT2D eigenvalue weighted by Gasteiger charge is -2.10. The van der Waals surface area contributed by atoms with E-state index in [-0.39, 0.29) is 5.69 Å². The van der Waals surface area contributed by atoms with Crippen LogP contribution in [-0.2, 0) is 0 Å². The van der Waals surface area contributed by atoms with Crippen LogP contribution in [0.3, 0.4) is 0 Å². The molecule has 8 heteroatoms. The van der Waals surface area contributed by atoms with E-state index in [0.29, 0.717) is 28.0 Å².